The lowest BCUT2D eigenvalue weighted by atomic mass is 9.98. The van der Waals surface area contributed by atoms with E-state index in [0.29, 0.717) is 0 Å². The number of fused-ring (bicyclic) bond motifs is 1. The van der Waals surface area contributed by atoms with Gasteiger partial charge in [-0.25, -0.2) is 4.68 Å². The van der Waals surface area contributed by atoms with Crippen molar-refractivity contribution in [1.29, 1.82) is 0 Å². The summed E-state index contributed by atoms with van der Waals surface area (Å²) in [4.78, 5) is 4.13. The third-order valence-electron chi connectivity index (χ3n) is 5.37. The van der Waals surface area contributed by atoms with E-state index in [0.717, 1.165) is 65.9 Å². The summed E-state index contributed by atoms with van der Waals surface area (Å²) in [6.07, 6.45) is 9.39. The second kappa shape index (κ2) is 6.63. The maximum atomic E-state index is 9.17. The van der Waals surface area contributed by atoms with Gasteiger partial charge in [-0.3, -0.25) is 4.98 Å². The van der Waals surface area contributed by atoms with Crippen LogP contribution in [-0.4, -0.2) is 32.3 Å². The van der Waals surface area contributed by atoms with Crippen LogP contribution in [0.5, 0.6) is 0 Å². The van der Waals surface area contributed by atoms with Crippen molar-refractivity contribution in [3.05, 3.63) is 60.0 Å². The minimum absolute atomic E-state index is 0.00175. The van der Waals surface area contributed by atoms with Crippen LogP contribution in [0.2, 0.25) is 0 Å². The van der Waals surface area contributed by atoms with E-state index in [-0.39, 0.29) is 6.23 Å². The molecule has 136 valence electrons. The van der Waals surface area contributed by atoms with E-state index >= 15 is 0 Å². The molecule has 1 unspecified atom stereocenters. The van der Waals surface area contributed by atoms with Gasteiger partial charge in [0.1, 0.15) is 11.9 Å². The smallest absolute Gasteiger partial charge is 0.150 e. The summed E-state index contributed by atoms with van der Waals surface area (Å²) in [6.45, 7) is 0.784. The van der Waals surface area contributed by atoms with Crippen LogP contribution in [0, 0.1) is 0 Å². The Morgan fingerprint density at radius 3 is 2.74 bits per heavy atom. The van der Waals surface area contributed by atoms with Crippen molar-refractivity contribution < 1.29 is 9.94 Å². The quantitative estimate of drug-likeness (QED) is 0.565. The molecule has 0 spiro atoms. The number of nitrogens with zero attached hydrogens (tertiary/aromatic N) is 4. The first kappa shape index (κ1) is 16.2. The Morgan fingerprint density at radius 1 is 1.07 bits per heavy atom. The molecule has 0 amide bonds. The first-order valence-corrected chi connectivity index (χ1v) is 9.29. The highest BCUT2D eigenvalue weighted by molar-refractivity contribution is 6.04. The zero-order valence-electron chi connectivity index (χ0n) is 14.9. The van der Waals surface area contributed by atoms with E-state index in [9.17, 15) is 5.21 Å². The number of oxime groups is 1. The van der Waals surface area contributed by atoms with Crippen LogP contribution in [0.15, 0.2) is 54.1 Å². The fourth-order valence-electron chi connectivity index (χ4n) is 3.98. The molecule has 0 radical (unpaired) electrons. The third kappa shape index (κ3) is 2.82. The van der Waals surface area contributed by atoms with E-state index in [4.69, 9.17) is 9.84 Å². The lowest BCUT2D eigenvalue weighted by molar-refractivity contribution is 0.0469. The number of hydrogen-bond donors (Lipinski definition) is 1. The highest BCUT2D eigenvalue weighted by Gasteiger charge is 2.23. The molecule has 1 fully saturated rings. The molecule has 2 aliphatic rings. The number of aromatic nitrogens is 3. The van der Waals surface area contributed by atoms with Crippen molar-refractivity contribution in [2.24, 2.45) is 5.16 Å². The zero-order chi connectivity index (χ0) is 18.2. The Balaban J connectivity index is 1.63. The predicted molar refractivity (Wildman–Crippen MR) is 102 cm³/mol. The highest BCUT2D eigenvalue weighted by Crippen LogP contribution is 2.36. The molecule has 3 aromatic rings. The van der Waals surface area contributed by atoms with E-state index < -0.39 is 0 Å². The molecular weight excluding hydrogens is 340 g/mol. The largest absolute Gasteiger partial charge is 0.411 e. The number of hydrogen-bond acceptors (Lipinski definition) is 5. The van der Waals surface area contributed by atoms with Crippen LogP contribution in [0.4, 0.5) is 0 Å². The molecule has 1 atom stereocenters. The lowest BCUT2D eigenvalue weighted by Gasteiger charge is -2.08. The summed E-state index contributed by atoms with van der Waals surface area (Å²) in [5.74, 6) is 0. The Bertz CT molecular complexity index is 1000. The van der Waals surface area contributed by atoms with Crippen LogP contribution in [-0.2, 0) is 11.2 Å². The van der Waals surface area contributed by atoms with Crippen molar-refractivity contribution in [3.8, 4) is 22.4 Å². The number of benzene rings is 1. The molecular formula is C21H20N4O2. The Morgan fingerprint density at radius 2 is 1.96 bits per heavy atom. The molecule has 5 rings (SSSR count). The summed E-state index contributed by atoms with van der Waals surface area (Å²) >= 11 is 0. The first-order chi connectivity index (χ1) is 13.3. The van der Waals surface area contributed by atoms with Gasteiger partial charge in [-0.2, -0.15) is 5.10 Å². The van der Waals surface area contributed by atoms with Gasteiger partial charge in [0.15, 0.2) is 0 Å². The number of rotatable bonds is 3. The van der Waals surface area contributed by atoms with Crippen LogP contribution in [0.25, 0.3) is 22.4 Å². The van der Waals surface area contributed by atoms with Gasteiger partial charge in [0.2, 0.25) is 0 Å². The second-order valence-electron chi connectivity index (χ2n) is 6.99. The zero-order valence-corrected chi connectivity index (χ0v) is 14.9. The maximum absolute atomic E-state index is 9.17. The highest BCUT2D eigenvalue weighted by atomic mass is 16.5. The van der Waals surface area contributed by atoms with E-state index in [1.807, 2.05) is 22.9 Å². The van der Waals surface area contributed by atoms with Gasteiger partial charge < -0.3 is 9.94 Å². The van der Waals surface area contributed by atoms with Crippen molar-refractivity contribution in [1.82, 2.24) is 14.8 Å². The molecule has 6 heteroatoms. The average molecular weight is 360 g/mol. The normalized spacial score (nSPS) is 20.3. The Labute approximate surface area is 157 Å². The van der Waals surface area contributed by atoms with Gasteiger partial charge in [-0.05, 0) is 48.9 Å². The van der Waals surface area contributed by atoms with Crippen molar-refractivity contribution >= 4 is 5.71 Å². The van der Waals surface area contributed by atoms with E-state index in [1.165, 1.54) is 5.56 Å². The molecule has 3 heterocycles. The number of pyridine rings is 1. The average Bonchev–Trinajstić information content (AvgIpc) is 3.46. The van der Waals surface area contributed by atoms with Gasteiger partial charge >= 0.3 is 0 Å². The monoisotopic (exact) mass is 360 g/mol. The molecule has 0 bridgehead atoms. The standard InChI is InChI=1S/C21H20N4O2/c26-24-19-6-4-15-12-16(3-5-17(15)19)18-13-25(20-2-1-11-27-20)23-21(18)14-7-9-22-10-8-14/h3,5,7-10,12-13,20,26H,1-2,4,6,11H2/b24-19+. The predicted octanol–water partition coefficient (Wildman–Crippen LogP) is 4.05. The summed E-state index contributed by atoms with van der Waals surface area (Å²) in [6, 6.07) is 10.3. The van der Waals surface area contributed by atoms with Gasteiger partial charge in [-0.1, -0.05) is 23.4 Å². The van der Waals surface area contributed by atoms with Crippen molar-refractivity contribution in [2.75, 3.05) is 6.61 Å². The van der Waals surface area contributed by atoms with E-state index in [1.54, 1.807) is 12.4 Å². The molecule has 0 saturated carbocycles. The van der Waals surface area contributed by atoms with Crippen LogP contribution >= 0.6 is 0 Å². The maximum Gasteiger partial charge on any atom is 0.150 e. The van der Waals surface area contributed by atoms with Gasteiger partial charge in [-0.15, -0.1) is 0 Å². The SMILES string of the molecule is O/N=C1\CCc2cc(-c3cn(C4CCCO4)nc3-c3ccncc3)ccc21. The first-order valence-electron chi connectivity index (χ1n) is 9.29. The summed E-state index contributed by atoms with van der Waals surface area (Å²) in [5, 5.41) is 17.5. The summed E-state index contributed by atoms with van der Waals surface area (Å²) in [5.41, 5.74) is 7.18. The van der Waals surface area contributed by atoms with Gasteiger partial charge in [0.05, 0.1) is 5.71 Å². The minimum atomic E-state index is 0.00175. The number of aryl methyl sites for hydroxylation is 1. The van der Waals surface area contributed by atoms with E-state index in [2.05, 4.69) is 28.5 Å². The fourth-order valence-corrected chi connectivity index (χ4v) is 3.98. The van der Waals surface area contributed by atoms with Crippen LogP contribution in [0.3, 0.4) is 0 Å². The fraction of sp³-hybridized carbons (Fsp3) is 0.286. The topological polar surface area (TPSA) is 72.5 Å². The molecule has 27 heavy (non-hydrogen) atoms. The van der Waals surface area contributed by atoms with Gasteiger partial charge in [0.25, 0.3) is 0 Å². The number of ether oxygens (including phenoxy) is 1. The molecule has 1 aromatic carbocycles. The van der Waals surface area contributed by atoms with Gasteiger partial charge in [0, 0.05) is 41.9 Å². The Hall–Kier alpha value is -2.99. The van der Waals surface area contributed by atoms with Crippen molar-refractivity contribution in [3.63, 3.8) is 0 Å². The molecule has 1 N–H and O–H groups in total. The molecule has 1 aliphatic carbocycles. The molecule has 1 aliphatic heterocycles. The molecule has 6 nitrogen and oxygen atoms in total. The second-order valence-corrected chi connectivity index (χ2v) is 6.99. The summed E-state index contributed by atoms with van der Waals surface area (Å²) < 4.78 is 7.78. The van der Waals surface area contributed by atoms with Crippen molar-refractivity contribution in [2.45, 2.75) is 31.9 Å². The lowest BCUT2D eigenvalue weighted by Crippen LogP contribution is -2.07. The Kier molecular flexibility index (Phi) is 3.98. The minimum Gasteiger partial charge on any atom is -0.411 e. The summed E-state index contributed by atoms with van der Waals surface area (Å²) in [7, 11) is 0. The van der Waals surface area contributed by atoms with Crippen LogP contribution in [0.1, 0.15) is 36.6 Å². The molecule has 2 aromatic heterocycles. The van der Waals surface area contributed by atoms with Crippen LogP contribution < -0.4 is 0 Å². The molecule has 1 saturated heterocycles. The third-order valence-corrected chi connectivity index (χ3v) is 5.37.